The van der Waals surface area contributed by atoms with Gasteiger partial charge in [0.25, 0.3) is 0 Å². The maximum Gasteiger partial charge on any atom is 0.137 e. The first-order valence-electron chi connectivity index (χ1n) is 12.9. The Bertz CT molecular complexity index is 1160. The van der Waals surface area contributed by atoms with E-state index in [1.807, 2.05) is 0 Å². The molecule has 1 unspecified atom stereocenters. The third-order valence-corrected chi connectivity index (χ3v) is 7.40. The minimum absolute atomic E-state index is 0.161. The number of H-pyrrole nitrogens is 1. The van der Waals surface area contributed by atoms with Gasteiger partial charge < -0.3 is 10.3 Å². The smallest absolute Gasteiger partial charge is 0.137 e. The summed E-state index contributed by atoms with van der Waals surface area (Å²) in [6, 6.07) is 32.6. The van der Waals surface area contributed by atoms with Gasteiger partial charge in [0.15, 0.2) is 0 Å². The van der Waals surface area contributed by atoms with Gasteiger partial charge in [0, 0.05) is 43.4 Å². The van der Waals surface area contributed by atoms with E-state index in [-0.39, 0.29) is 11.5 Å². The summed E-state index contributed by atoms with van der Waals surface area (Å²) >= 11 is 0. The Labute approximate surface area is 209 Å². The van der Waals surface area contributed by atoms with Gasteiger partial charge in [0.2, 0.25) is 0 Å². The Balaban J connectivity index is 1.78. The number of rotatable bonds is 8. The summed E-state index contributed by atoms with van der Waals surface area (Å²) in [5.74, 6) is 1.11. The monoisotopic (exact) mass is 464 g/mol. The van der Waals surface area contributed by atoms with Crippen molar-refractivity contribution in [3.63, 3.8) is 0 Å². The van der Waals surface area contributed by atoms with Crippen molar-refractivity contribution in [3.8, 4) is 11.4 Å². The number of aromatic amines is 1. The Kier molecular flexibility index (Phi) is 7.12. The van der Waals surface area contributed by atoms with Crippen molar-refractivity contribution in [2.45, 2.75) is 38.1 Å². The lowest BCUT2D eigenvalue weighted by Crippen LogP contribution is -2.57. The molecule has 5 rings (SSSR count). The van der Waals surface area contributed by atoms with Gasteiger partial charge >= 0.3 is 0 Å². The molecule has 1 aromatic heterocycles. The van der Waals surface area contributed by atoms with E-state index in [0.29, 0.717) is 0 Å². The van der Waals surface area contributed by atoms with Crippen LogP contribution >= 0.6 is 0 Å². The second kappa shape index (κ2) is 10.6. The maximum absolute atomic E-state index is 5.40. The molecule has 35 heavy (non-hydrogen) atoms. The molecule has 3 aromatic carbocycles. The first-order valence-corrected chi connectivity index (χ1v) is 12.9. The number of hydrogen-bond acceptors (Lipinski definition) is 3. The molecular formula is C31H36N4. The molecular weight excluding hydrogens is 428 g/mol. The third kappa shape index (κ3) is 4.56. The fourth-order valence-electron chi connectivity index (χ4n) is 5.98. The van der Waals surface area contributed by atoms with E-state index in [0.717, 1.165) is 56.1 Å². The van der Waals surface area contributed by atoms with Gasteiger partial charge in [-0.05, 0) is 24.5 Å². The van der Waals surface area contributed by atoms with E-state index < -0.39 is 0 Å². The van der Waals surface area contributed by atoms with Crippen LogP contribution in [0.3, 0.4) is 0 Å². The van der Waals surface area contributed by atoms with Crippen molar-refractivity contribution < 1.29 is 0 Å². The van der Waals surface area contributed by atoms with Crippen molar-refractivity contribution in [2.24, 2.45) is 0 Å². The summed E-state index contributed by atoms with van der Waals surface area (Å²) < 4.78 is 0. The van der Waals surface area contributed by atoms with Crippen LogP contribution in [0.1, 0.15) is 48.2 Å². The standard InChI is InChI=1S/C31H36N4/c1-3-19-31(35-22-20-32-21-23-35,29-24(2)33-30(34-29)27-17-11-6-12-18-27)28(25-13-7-4-8-14-25)26-15-9-5-10-16-26/h4-18,28,32H,3,19-23H2,1-2H3,(H,33,34). The van der Waals surface area contributed by atoms with Crippen LogP contribution in [-0.4, -0.2) is 41.0 Å². The van der Waals surface area contributed by atoms with E-state index in [2.05, 4.69) is 120 Å². The zero-order valence-electron chi connectivity index (χ0n) is 20.9. The summed E-state index contributed by atoms with van der Waals surface area (Å²) in [5, 5.41) is 3.57. The predicted molar refractivity (Wildman–Crippen MR) is 145 cm³/mol. The van der Waals surface area contributed by atoms with E-state index >= 15 is 0 Å². The summed E-state index contributed by atoms with van der Waals surface area (Å²) in [6.07, 6.45) is 2.11. The molecule has 0 amide bonds. The fraction of sp³-hybridized carbons (Fsp3) is 0.323. The maximum atomic E-state index is 5.40. The summed E-state index contributed by atoms with van der Waals surface area (Å²) in [5.41, 5.74) is 5.88. The topological polar surface area (TPSA) is 44.0 Å². The second-order valence-corrected chi connectivity index (χ2v) is 9.59. The highest BCUT2D eigenvalue weighted by molar-refractivity contribution is 5.57. The molecule has 1 aliphatic rings. The Hall–Kier alpha value is -3.21. The van der Waals surface area contributed by atoms with Crippen LogP contribution in [0.2, 0.25) is 0 Å². The van der Waals surface area contributed by atoms with Crippen molar-refractivity contribution in [3.05, 3.63) is 114 Å². The SMILES string of the molecule is CCCC(c1nc(-c2ccccc2)[nH]c1C)(C(c1ccccc1)c1ccccc1)N1CCNCC1. The van der Waals surface area contributed by atoms with Crippen molar-refractivity contribution in [1.29, 1.82) is 0 Å². The second-order valence-electron chi connectivity index (χ2n) is 9.59. The van der Waals surface area contributed by atoms with Gasteiger partial charge in [-0.15, -0.1) is 0 Å². The summed E-state index contributed by atoms with van der Waals surface area (Å²) in [7, 11) is 0. The Morgan fingerprint density at radius 2 is 1.37 bits per heavy atom. The highest BCUT2D eigenvalue weighted by Crippen LogP contribution is 2.50. The quantitative estimate of drug-likeness (QED) is 0.330. The first-order chi connectivity index (χ1) is 17.2. The molecule has 1 atom stereocenters. The number of aromatic nitrogens is 2. The third-order valence-electron chi connectivity index (χ3n) is 7.40. The zero-order valence-corrected chi connectivity index (χ0v) is 20.9. The number of nitrogens with zero attached hydrogens (tertiary/aromatic N) is 2. The molecule has 0 aliphatic carbocycles. The molecule has 0 bridgehead atoms. The summed E-state index contributed by atoms with van der Waals surface area (Å²) in [6.45, 7) is 8.51. The molecule has 4 nitrogen and oxygen atoms in total. The van der Waals surface area contributed by atoms with Gasteiger partial charge in [-0.3, -0.25) is 4.90 Å². The van der Waals surface area contributed by atoms with E-state index in [1.54, 1.807) is 0 Å². The van der Waals surface area contributed by atoms with Crippen LogP contribution in [0.4, 0.5) is 0 Å². The van der Waals surface area contributed by atoms with Crippen molar-refractivity contribution in [2.75, 3.05) is 26.2 Å². The molecule has 4 heteroatoms. The first kappa shape index (κ1) is 23.5. The van der Waals surface area contributed by atoms with Gasteiger partial charge in [0.05, 0.1) is 11.2 Å². The van der Waals surface area contributed by atoms with E-state index in [9.17, 15) is 0 Å². The largest absolute Gasteiger partial charge is 0.342 e. The van der Waals surface area contributed by atoms with Crippen LogP contribution in [0.15, 0.2) is 91.0 Å². The highest BCUT2D eigenvalue weighted by Gasteiger charge is 2.49. The lowest BCUT2D eigenvalue weighted by molar-refractivity contribution is 0.0422. The van der Waals surface area contributed by atoms with E-state index in [1.165, 1.54) is 16.8 Å². The van der Waals surface area contributed by atoms with Crippen molar-refractivity contribution in [1.82, 2.24) is 20.2 Å². The van der Waals surface area contributed by atoms with Crippen LogP contribution < -0.4 is 5.32 Å². The molecule has 0 radical (unpaired) electrons. The van der Waals surface area contributed by atoms with Gasteiger partial charge in [-0.1, -0.05) is 104 Å². The predicted octanol–water partition coefficient (Wildman–Crippen LogP) is 6.12. The summed E-state index contributed by atoms with van der Waals surface area (Å²) in [4.78, 5) is 11.8. The molecule has 4 aromatic rings. The average Bonchev–Trinajstić information content (AvgIpc) is 3.32. The molecule has 180 valence electrons. The van der Waals surface area contributed by atoms with Crippen LogP contribution in [0.5, 0.6) is 0 Å². The number of benzene rings is 3. The number of piperazine rings is 1. The number of aryl methyl sites for hydroxylation is 1. The van der Waals surface area contributed by atoms with Gasteiger partial charge in [0.1, 0.15) is 5.82 Å². The van der Waals surface area contributed by atoms with Crippen LogP contribution in [0.25, 0.3) is 11.4 Å². The normalized spacial score (nSPS) is 16.3. The van der Waals surface area contributed by atoms with Gasteiger partial charge in [-0.25, -0.2) is 4.98 Å². The number of nitrogens with one attached hydrogen (secondary N) is 2. The van der Waals surface area contributed by atoms with Crippen LogP contribution in [-0.2, 0) is 5.54 Å². The molecule has 1 saturated heterocycles. The average molecular weight is 465 g/mol. The number of hydrogen-bond donors (Lipinski definition) is 2. The van der Waals surface area contributed by atoms with Gasteiger partial charge in [-0.2, -0.15) is 0 Å². The molecule has 2 heterocycles. The molecule has 0 spiro atoms. The Morgan fingerprint density at radius 1 is 0.829 bits per heavy atom. The Morgan fingerprint density at radius 3 is 1.91 bits per heavy atom. The number of imidazole rings is 1. The lowest BCUT2D eigenvalue weighted by Gasteiger charge is -2.50. The molecule has 1 aliphatic heterocycles. The van der Waals surface area contributed by atoms with Crippen molar-refractivity contribution >= 4 is 0 Å². The zero-order chi connectivity index (χ0) is 24.1. The highest BCUT2D eigenvalue weighted by atomic mass is 15.3. The molecule has 0 saturated carbocycles. The molecule has 1 fully saturated rings. The van der Waals surface area contributed by atoms with Crippen LogP contribution in [0, 0.1) is 6.92 Å². The molecule has 2 N–H and O–H groups in total. The fourth-order valence-corrected chi connectivity index (χ4v) is 5.98. The minimum atomic E-state index is -0.271. The lowest BCUT2D eigenvalue weighted by atomic mass is 9.68. The van der Waals surface area contributed by atoms with E-state index in [4.69, 9.17) is 4.98 Å². The minimum Gasteiger partial charge on any atom is -0.342 e.